The monoisotopic (exact) mass is 262 g/mol. The number of carboxylic acids is 1. The van der Waals surface area contributed by atoms with Gasteiger partial charge in [0.05, 0.1) is 12.0 Å². The molecule has 0 fully saturated rings. The number of esters is 2. The van der Waals surface area contributed by atoms with Crippen LogP contribution in [0.1, 0.15) is 16.8 Å². The van der Waals surface area contributed by atoms with Gasteiger partial charge >= 0.3 is 47.5 Å². The fourth-order valence-corrected chi connectivity index (χ4v) is 1.04. The molecule has 0 aromatic heterocycles. The molecular formula is C11H11NaO6. The first-order chi connectivity index (χ1) is 8.00. The van der Waals surface area contributed by atoms with Gasteiger partial charge in [-0.25, -0.2) is 9.59 Å². The van der Waals surface area contributed by atoms with E-state index in [4.69, 9.17) is 10.2 Å². The number of aliphatic hydroxyl groups excluding tert-OH is 1. The Balaban J connectivity index is 0.00000289. The number of aliphatic carboxylic acids is 1. The fraction of sp³-hybridized carbons (Fsp3) is 0.182. The van der Waals surface area contributed by atoms with Crippen LogP contribution in [0.5, 0.6) is 0 Å². The molecule has 0 aliphatic heterocycles. The van der Waals surface area contributed by atoms with E-state index in [0.717, 1.165) is 0 Å². The molecule has 1 unspecified atom stereocenters. The molecule has 7 heteroatoms. The van der Waals surface area contributed by atoms with Crippen molar-refractivity contribution in [2.45, 2.75) is 12.5 Å². The summed E-state index contributed by atoms with van der Waals surface area (Å²) in [7, 11) is 0. The van der Waals surface area contributed by atoms with Crippen LogP contribution in [-0.2, 0) is 14.3 Å². The number of rotatable bonds is 4. The van der Waals surface area contributed by atoms with Gasteiger partial charge in [0.25, 0.3) is 0 Å². The summed E-state index contributed by atoms with van der Waals surface area (Å²) in [6.45, 7) is 0. The minimum absolute atomic E-state index is 0. The third-order valence-electron chi connectivity index (χ3n) is 1.84. The van der Waals surface area contributed by atoms with Gasteiger partial charge in [-0.3, -0.25) is 4.79 Å². The van der Waals surface area contributed by atoms with E-state index in [1.165, 1.54) is 12.1 Å². The van der Waals surface area contributed by atoms with E-state index >= 15 is 0 Å². The van der Waals surface area contributed by atoms with Crippen molar-refractivity contribution in [1.29, 1.82) is 0 Å². The number of carboxylic acid groups (broad SMARTS) is 1. The molecule has 1 aromatic carbocycles. The Morgan fingerprint density at radius 1 is 1.17 bits per heavy atom. The molecular weight excluding hydrogens is 251 g/mol. The number of ether oxygens (including phenoxy) is 1. The normalized spacial score (nSPS) is 10.9. The van der Waals surface area contributed by atoms with Crippen molar-refractivity contribution in [2.75, 3.05) is 0 Å². The average Bonchev–Trinajstić information content (AvgIpc) is 2.29. The predicted molar refractivity (Wildman–Crippen MR) is 62.3 cm³/mol. The number of hydrogen-bond donors (Lipinski definition) is 2. The molecule has 1 rings (SSSR count). The molecule has 92 valence electrons. The number of aliphatic hydroxyl groups is 1. The van der Waals surface area contributed by atoms with Crippen LogP contribution in [0.25, 0.3) is 0 Å². The maximum absolute atomic E-state index is 11.3. The summed E-state index contributed by atoms with van der Waals surface area (Å²) in [4.78, 5) is 32.7. The average molecular weight is 262 g/mol. The first kappa shape index (κ1) is 16.8. The van der Waals surface area contributed by atoms with E-state index in [2.05, 4.69) is 4.74 Å². The zero-order valence-corrected chi connectivity index (χ0v) is 8.70. The van der Waals surface area contributed by atoms with Gasteiger partial charge in [-0.1, -0.05) is 18.2 Å². The molecule has 1 atom stereocenters. The molecule has 6 nitrogen and oxygen atoms in total. The summed E-state index contributed by atoms with van der Waals surface area (Å²) in [6.07, 6.45) is -2.65. The van der Waals surface area contributed by atoms with Gasteiger partial charge in [0.2, 0.25) is 0 Å². The number of carbonyl (C=O) groups excluding carboxylic acids is 2. The summed E-state index contributed by atoms with van der Waals surface area (Å²) in [6, 6.07) is 7.69. The third-order valence-corrected chi connectivity index (χ3v) is 1.84. The van der Waals surface area contributed by atoms with Gasteiger partial charge in [0.15, 0.2) is 6.10 Å². The Labute approximate surface area is 125 Å². The van der Waals surface area contributed by atoms with Crippen molar-refractivity contribution in [3.8, 4) is 0 Å². The van der Waals surface area contributed by atoms with E-state index < -0.39 is 30.4 Å². The Morgan fingerprint density at radius 2 is 1.72 bits per heavy atom. The Morgan fingerprint density at radius 3 is 2.22 bits per heavy atom. The van der Waals surface area contributed by atoms with E-state index in [-0.39, 0.29) is 35.1 Å². The van der Waals surface area contributed by atoms with Crippen LogP contribution in [0, 0.1) is 0 Å². The summed E-state index contributed by atoms with van der Waals surface area (Å²) in [5, 5.41) is 17.4. The van der Waals surface area contributed by atoms with Crippen molar-refractivity contribution in [3.63, 3.8) is 0 Å². The second-order valence-corrected chi connectivity index (χ2v) is 3.19. The van der Waals surface area contributed by atoms with E-state index in [1.54, 1.807) is 18.2 Å². The van der Waals surface area contributed by atoms with Gasteiger partial charge in [-0.15, -0.1) is 0 Å². The molecule has 0 spiro atoms. The van der Waals surface area contributed by atoms with Crippen molar-refractivity contribution < 1.29 is 29.3 Å². The van der Waals surface area contributed by atoms with Crippen molar-refractivity contribution in [2.24, 2.45) is 0 Å². The van der Waals surface area contributed by atoms with E-state index in [1.807, 2.05) is 0 Å². The topological polar surface area (TPSA) is 101 Å². The standard InChI is InChI=1S/C11H10O6.Na.H/c12-8(6-9(13)14)11(16)17-10(15)7-4-2-1-3-5-7;;/h1-5,8,12H,6H2,(H,13,14);;. The quantitative estimate of drug-likeness (QED) is 0.433. The molecule has 0 aliphatic rings. The Hall–Kier alpha value is -1.21. The molecule has 0 radical (unpaired) electrons. The van der Waals surface area contributed by atoms with Crippen LogP contribution in [0.15, 0.2) is 30.3 Å². The predicted octanol–water partition coefficient (Wildman–Crippen LogP) is -0.443. The van der Waals surface area contributed by atoms with Gasteiger partial charge < -0.3 is 14.9 Å². The van der Waals surface area contributed by atoms with Gasteiger partial charge in [0.1, 0.15) is 0 Å². The number of carbonyl (C=O) groups is 3. The van der Waals surface area contributed by atoms with Crippen LogP contribution in [0.2, 0.25) is 0 Å². The molecule has 0 amide bonds. The molecule has 1 aromatic rings. The van der Waals surface area contributed by atoms with Crippen LogP contribution in [-0.4, -0.2) is 63.8 Å². The first-order valence-electron chi connectivity index (χ1n) is 4.71. The molecule has 0 aliphatic carbocycles. The maximum atomic E-state index is 11.3. The molecule has 0 heterocycles. The van der Waals surface area contributed by atoms with Crippen LogP contribution in [0.4, 0.5) is 0 Å². The van der Waals surface area contributed by atoms with Crippen molar-refractivity contribution in [3.05, 3.63) is 35.9 Å². The fourth-order valence-electron chi connectivity index (χ4n) is 1.04. The SMILES string of the molecule is O=C(O)CC(O)C(=O)OC(=O)c1ccccc1.[NaH]. The minimum atomic E-state index is -1.85. The molecule has 18 heavy (non-hydrogen) atoms. The molecule has 0 bridgehead atoms. The van der Waals surface area contributed by atoms with E-state index in [0.29, 0.717) is 0 Å². The van der Waals surface area contributed by atoms with Crippen LogP contribution in [0.3, 0.4) is 0 Å². The van der Waals surface area contributed by atoms with Crippen molar-refractivity contribution in [1.82, 2.24) is 0 Å². The van der Waals surface area contributed by atoms with Gasteiger partial charge in [-0.2, -0.15) is 0 Å². The second-order valence-electron chi connectivity index (χ2n) is 3.19. The first-order valence-corrected chi connectivity index (χ1v) is 4.71. The molecule has 0 saturated heterocycles. The van der Waals surface area contributed by atoms with Crippen molar-refractivity contribution >= 4 is 47.5 Å². The number of benzene rings is 1. The molecule has 0 saturated carbocycles. The summed E-state index contributed by atoms with van der Waals surface area (Å²) < 4.78 is 4.31. The zero-order valence-electron chi connectivity index (χ0n) is 8.70. The second kappa shape index (κ2) is 7.99. The van der Waals surface area contributed by atoms with Crippen LogP contribution >= 0.6 is 0 Å². The summed E-state index contributed by atoms with van der Waals surface area (Å²) >= 11 is 0. The summed E-state index contributed by atoms with van der Waals surface area (Å²) in [5.74, 6) is -3.57. The summed E-state index contributed by atoms with van der Waals surface area (Å²) in [5.41, 5.74) is 0.142. The Bertz CT molecular complexity index is 430. The van der Waals surface area contributed by atoms with E-state index in [9.17, 15) is 14.4 Å². The number of hydrogen-bond acceptors (Lipinski definition) is 5. The van der Waals surface area contributed by atoms with Gasteiger partial charge in [-0.05, 0) is 12.1 Å². The Kier molecular flexibility index (Phi) is 7.45. The zero-order chi connectivity index (χ0) is 12.8. The third kappa shape index (κ3) is 5.42. The van der Waals surface area contributed by atoms with Crippen LogP contribution < -0.4 is 0 Å². The molecule has 2 N–H and O–H groups in total. The van der Waals surface area contributed by atoms with Gasteiger partial charge in [0, 0.05) is 0 Å².